The largest absolute Gasteiger partial charge is 0.466 e. The highest BCUT2D eigenvalue weighted by Gasteiger charge is 2.37. The Morgan fingerprint density at radius 2 is 0.958 bits per heavy atom. The van der Waals surface area contributed by atoms with E-state index in [1.807, 2.05) is 36.4 Å². The fraction of sp³-hybridized carbons (Fsp3) is 0.407. The number of nitrogens with one attached hydrogen (secondary N) is 2. The van der Waals surface area contributed by atoms with Crippen LogP contribution in [0.3, 0.4) is 0 Å². The first-order chi connectivity index (χ1) is 33.8. The van der Waals surface area contributed by atoms with E-state index in [1.54, 1.807) is 36.4 Å². The molecule has 10 nitrogen and oxygen atoms in total. The van der Waals surface area contributed by atoms with Crippen molar-refractivity contribution in [1.29, 1.82) is 0 Å². The third-order valence-electron chi connectivity index (χ3n) is 12.8. The summed E-state index contributed by atoms with van der Waals surface area (Å²) >= 11 is -0.266. The van der Waals surface area contributed by atoms with Crippen molar-refractivity contribution in [2.45, 2.75) is 113 Å². The van der Waals surface area contributed by atoms with Crippen molar-refractivity contribution in [3.8, 4) is 0 Å². The summed E-state index contributed by atoms with van der Waals surface area (Å²) in [5.41, 5.74) is -1.88. The number of methoxy groups -OCH3 is 2. The fourth-order valence-corrected chi connectivity index (χ4v) is 11.6. The van der Waals surface area contributed by atoms with Crippen LogP contribution in [0.15, 0.2) is 107 Å². The van der Waals surface area contributed by atoms with Crippen molar-refractivity contribution in [3.05, 3.63) is 108 Å². The van der Waals surface area contributed by atoms with Crippen LogP contribution in [0, 0.1) is 22.7 Å². The Morgan fingerprint density at radius 1 is 0.597 bits per heavy atom. The first-order valence-electron chi connectivity index (χ1n) is 23.7. The summed E-state index contributed by atoms with van der Waals surface area (Å²) in [6.07, 6.45) is 12.4. The Kier molecular flexibility index (Phi) is 16.5. The molecule has 2 aliphatic rings. The molecular formula is C54H60F6N6O4S2. The molecule has 0 unspecified atom stereocenters. The van der Waals surface area contributed by atoms with Crippen molar-refractivity contribution < 1.29 is 45.4 Å². The SMILES string of the molecule is COC(=O)/C=C/c1ccc2c(c1)nc(Nc1ccc(SC(F)(F)F)cc1)n2[C@@H]1C[C@H](C)CC(C)(C)C1.COC(=O)/C=C/c1ccc2c(c1)nc(Nc1ccc(SC(F)(F)F)cc1)n2[C@H]1C[C@@H](C)CC(C)(C)C1. The number of hydrogen-bond acceptors (Lipinski definition) is 10. The molecule has 2 aromatic heterocycles. The molecule has 4 aromatic carbocycles. The lowest BCUT2D eigenvalue weighted by Crippen LogP contribution is -2.29. The summed E-state index contributed by atoms with van der Waals surface area (Å²) in [5.74, 6) is 1.51. The van der Waals surface area contributed by atoms with E-state index in [0.717, 1.165) is 71.7 Å². The number of hydrogen-bond donors (Lipinski definition) is 2. The number of thioether (sulfide) groups is 2. The lowest BCUT2D eigenvalue weighted by atomic mass is 9.70. The highest BCUT2D eigenvalue weighted by Crippen LogP contribution is 2.48. The number of ether oxygens (including phenoxy) is 2. The molecule has 4 atom stereocenters. The van der Waals surface area contributed by atoms with Gasteiger partial charge < -0.3 is 29.2 Å². The van der Waals surface area contributed by atoms with Crippen molar-refractivity contribution in [1.82, 2.24) is 19.1 Å². The lowest BCUT2D eigenvalue weighted by molar-refractivity contribution is -0.135. The fourth-order valence-electron chi connectivity index (χ4n) is 10.5. The average Bonchev–Trinajstić information content (AvgIpc) is 3.83. The molecule has 0 aliphatic heterocycles. The monoisotopic (exact) mass is 1030 g/mol. The Morgan fingerprint density at radius 3 is 1.28 bits per heavy atom. The Balaban J connectivity index is 0.000000211. The Hall–Kier alpha value is -5.88. The number of imidazole rings is 2. The number of alkyl halides is 6. The molecule has 72 heavy (non-hydrogen) atoms. The maximum absolute atomic E-state index is 12.7. The number of aromatic nitrogens is 4. The predicted octanol–water partition coefficient (Wildman–Crippen LogP) is 15.9. The van der Waals surface area contributed by atoms with Gasteiger partial charge in [-0.3, -0.25) is 0 Å². The number of rotatable bonds is 12. The number of anilines is 4. The van der Waals surface area contributed by atoms with E-state index in [1.165, 1.54) is 50.6 Å². The van der Waals surface area contributed by atoms with Gasteiger partial charge in [-0.1, -0.05) is 53.7 Å². The second-order valence-corrected chi connectivity index (χ2v) is 22.6. The number of carbonyl (C=O) groups excluding carboxylic acids is 2. The molecule has 2 saturated carbocycles. The molecule has 2 N–H and O–H groups in total. The minimum Gasteiger partial charge on any atom is -0.466 e. The summed E-state index contributed by atoms with van der Waals surface area (Å²) < 4.78 is 90.1. The molecule has 8 rings (SSSR count). The van der Waals surface area contributed by atoms with Gasteiger partial charge in [-0.2, -0.15) is 26.3 Å². The molecule has 384 valence electrons. The van der Waals surface area contributed by atoms with Gasteiger partial charge in [0.05, 0.1) is 36.3 Å². The summed E-state index contributed by atoms with van der Waals surface area (Å²) in [6.45, 7) is 13.7. The Bertz CT molecular complexity index is 2730. The molecule has 0 spiro atoms. The zero-order valence-electron chi connectivity index (χ0n) is 41.5. The third kappa shape index (κ3) is 14.6. The van der Waals surface area contributed by atoms with Crippen LogP contribution in [0.1, 0.15) is 103 Å². The number of nitrogens with zero attached hydrogens (tertiary/aromatic N) is 4. The highest BCUT2D eigenvalue weighted by molar-refractivity contribution is 8.00. The number of benzene rings is 4. The van der Waals surface area contributed by atoms with Crippen LogP contribution in [0.5, 0.6) is 0 Å². The van der Waals surface area contributed by atoms with E-state index in [-0.39, 0.29) is 56.2 Å². The zero-order valence-corrected chi connectivity index (χ0v) is 43.1. The summed E-state index contributed by atoms with van der Waals surface area (Å²) in [7, 11) is 2.66. The van der Waals surface area contributed by atoms with Crippen LogP contribution in [0.4, 0.5) is 49.6 Å². The second kappa shape index (κ2) is 22.1. The first kappa shape index (κ1) is 53.9. The maximum Gasteiger partial charge on any atom is 0.446 e. The molecule has 2 fully saturated rings. The molecule has 6 aromatic rings. The lowest BCUT2D eigenvalue weighted by Gasteiger charge is -2.40. The van der Waals surface area contributed by atoms with Crippen LogP contribution in [-0.4, -0.2) is 56.3 Å². The van der Waals surface area contributed by atoms with Gasteiger partial charge in [-0.25, -0.2) is 19.6 Å². The number of carbonyl (C=O) groups is 2. The van der Waals surface area contributed by atoms with Gasteiger partial charge in [0.2, 0.25) is 11.9 Å². The van der Waals surface area contributed by atoms with Crippen LogP contribution >= 0.6 is 23.5 Å². The molecular weight excluding hydrogens is 975 g/mol. The van der Waals surface area contributed by atoms with Crippen molar-refractivity contribution >= 4 is 93.0 Å². The van der Waals surface area contributed by atoms with Crippen LogP contribution < -0.4 is 10.6 Å². The van der Waals surface area contributed by atoms with Crippen LogP contribution in [-0.2, 0) is 19.1 Å². The summed E-state index contributed by atoms with van der Waals surface area (Å²) in [4.78, 5) is 33.0. The quantitative estimate of drug-likeness (QED) is 0.0532. The summed E-state index contributed by atoms with van der Waals surface area (Å²) in [5, 5.41) is 6.68. The van der Waals surface area contributed by atoms with Gasteiger partial charge in [0.25, 0.3) is 0 Å². The number of esters is 2. The molecule has 2 aliphatic carbocycles. The number of fused-ring (bicyclic) bond motifs is 2. The molecule has 0 amide bonds. The van der Waals surface area contributed by atoms with E-state index in [0.29, 0.717) is 35.1 Å². The molecule has 2 heterocycles. The predicted molar refractivity (Wildman–Crippen MR) is 277 cm³/mol. The smallest absolute Gasteiger partial charge is 0.446 e. The third-order valence-corrected chi connectivity index (χ3v) is 14.3. The van der Waals surface area contributed by atoms with Gasteiger partial charge in [0.15, 0.2) is 0 Å². The van der Waals surface area contributed by atoms with Gasteiger partial charge in [0, 0.05) is 45.4 Å². The van der Waals surface area contributed by atoms with Crippen LogP contribution in [0.25, 0.3) is 34.2 Å². The van der Waals surface area contributed by atoms with Crippen LogP contribution in [0.2, 0.25) is 0 Å². The maximum atomic E-state index is 12.7. The normalized spacial score (nSPS) is 20.1. The minimum atomic E-state index is -4.33. The van der Waals surface area contributed by atoms with Gasteiger partial charge >= 0.3 is 23.0 Å². The highest BCUT2D eigenvalue weighted by atomic mass is 32.2. The second-order valence-electron chi connectivity index (χ2n) is 20.3. The van der Waals surface area contributed by atoms with Gasteiger partial charge in [-0.05, 0) is 181 Å². The van der Waals surface area contributed by atoms with E-state index in [4.69, 9.17) is 9.97 Å². The first-order valence-corrected chi connectivity index (χ1v) is 25.3. The van der Waals surface area contributed by atoms with E-state index >= 15 is 0 Å². The van der Waals surface area contributed by atoms with E-state index in [9.17, 15) is 35.9 Å². The van der Waals surface area contributed by atoms with Crippen molar-refractivity contribution in [2.75, 3.05) is 24.9 Å². The van der Waals surface area contributed by atoms with Gasteiger partial charge in [-0.15, -0.1) is 0 Å². The van der Waals surface area contributed by atoms with Gasteiger partial charge in [0.1, 0.15) is 0 Å². The van der Waals surface area contributed by atoms with E-state index in [2.05, 4.69) is 70.8 Å². The average molecular weight is 1040 g/mol. The number of halogens is 6. The molecule has 0 bridgehead atoms. The molecule has 18 heteroatoms. The van der Waals surface area contributed by atoms with E-state index < -0.39 is 23.0 Å². The molecule has 0 radical (unpaired) electrons. The molecule has 0 saturated heterocycles. The Labute approximate surface area is 424 Å². The topological polar surface area (TPSA) is 112 Å². The summed E-state index contributed by atoms with van der Waals surface area (Å²) in [6, 6.07) is 24.5. The minimum absolute atomic E-state index is 0.131. The van der Waals surface area contributed by atoms with Crippen molar-refractivity contribution in [3.63, 3.8) is 0 Å². The zero-order chi connectivity index (χ0) is 52.2. The standard InChI is InChI=1S/2C27H30F3N3O2S/c2*1-17-13-20(16-26(2,3)15-17)33-23-11-5-18(6-12-24(34)35-4)14-22(23)32-25(33)31-19-7-9-21(10-8-19)36-27(28,29)30/h2*5-12,14,17,20H,13,15-16H2,1-4H3,(H,31,32)/b2*12-6+/t2*17-,20+/m10/s1. The van der Waals surface area contributed by atoms with Crippen molar-refractivity contribution in [2.24, 2.45) is 22.7 Å².